The molecule has 2 aromatic rings. The van der Waals surface area contributed by atoms with Crippen molar-refractivity contribution in [3.63, 3.8) is 0 Å². The van der Waals surface area contributed by atoms with Crippen LogP contribution in [-0.2, 0) is 9.59 Å². The lowest BCUT2D eigenvalue weighted by molar-refractivity contribution is -0.124. The van der Waals surface area contributed by atoms with Gasteiger partial charge in [0.15, 0.2) is 5.78 Å². The van der Waals surface area contributed by atoms with Crippen molar-refractivity contribution in [3.8, 4) is 0 Å². The van der Waals surface area contributed by atoms with Gasteiger partial charge in [-0.25, -0.2) is 0 Å². The number of nitrogens with zero attached hydrogens (tertiary/aromatic N) is 1. The zero-order chi connectivity index (χ0) is 17.6. The largest absolute Gasteiger partial charge is 0.326 e. The lowest BCUT2D eigenvalue weighted by Gasteiger charge is -2.17. The lowest BCUT2D eigenvalue weighted by atomic mass is 9.90. The molecule has 1 aliphatic rings. The van der Waals surface area contributed by atoms with Crippen LogP contribution in [0.25, 0.3) is 0 Å². The van der Waals surface area contributed by atoms with Crippen LogP contribution >= 0.6 is 11.6 Å². The molecular weight excluding hydrogens is 338 g/mol. The number of ketones is 1. The third-order valence-electron chi connectivity index (χ3n) is 4.07. The third kappa shape index (κ3) is 4.45. The first-order valence-corrected chi connectivity index (χ1v) is 8.43. The van der Waals surface area contributed by atoms with Crippen LogP contribution < -0.4 is 10.7 Å². The molecule has 6 heteroatoms. The van der Waals surface area contributed by atoms with Crippen molar-refractivity contribution in [3.05, 3.63) is 65.2 Å². The fraction of sp³-hybridized carbons (Fsp3) is 0.211. The van der Waals surface area contributed by atoms with Crippen LogP contribution in [-0.4, -0.2) is 23.9 Å². The Balaban J connectivity index is 1.53. The SMILES string of the molecule is O=C(CCC(=O)[C@H]1NN=C[C@@H]1c1ccccc1)Nc1ccc(Cl)cc1. The molecule has 0 saturated heterocycles. The van der Waals surface area contributed by atoms with E-state index in [4.69, 9.17) is 11.6 Å². The van der Waals surface area contributed by atoms with Crippen LogP contribution in [0.4, 0.5) is 5.69 Å². The van der Waals surface area contributed by atoms with Crippen LogP contribution in [0.2, 0.25) is 5.02 Å². The summed E-state index contributed by atoms with van der Waals surface area (Å²) >= 11 is 5.81. The van der Waals surface area contributed by atoms with Gasteiger partial charge in [0.2, 0.25) is 5.91 Å². The number of carbonyl (C=O) groups is 2. The molecule has 128 valence electrons. The molecule has 1 amide bonds. The molecule has 0 spiro atoms. The summed E-state index contributed by atoms with van der Waals surface area (Å²) in [6, 6.07) is 16.2. The van der Waals surface area contributed by atoms with E-state index in [1.807, 2.05) is 30.3 Å². The smallest absolute Gasteiger partial charge is 0.224 e. The van der Waals surface area contributed by atoms with E-state index in [-0.39, 0.29) is 30.4 Å². The Hall–Kier alpha value is -2.66. The van der Waals surface area contributed by atoms with Gasteiger partial charge in [-0.05, 0) is 29.8 Å². The van der Waals surface area contributed by atoms with E-state index in [1.54, 1.807) is 30.5 Å². The number of Topliss-reactive ketones (excluding diaryl/α,β-unsaturated/α-hetero) is 1. The first-order chi connectivity index (χ1) is 12.1. The number of hydrogen-bond donors (Lipinski definition) is 2. The summed E-state index contributed by atoms with van der Waals surface area (Å²) in [5.41, 5.74) is 4.54. The highest BCUT2D eigenvalue weighted by atomic mass is 35.5. The van der Waals surface area contributed by atoms with Gasteiger partial charge in [-0.2, -0.15) is 5.10 Å². The van der Waals surface area contributed by atoms with Gasteiger partial charge in [0.05, 0.1) is 0 Å². The molecule has 5 nitrogen and oxygen atoms in total. The second-order valence-corrected chi connectivity index (χ2v) is 6.28. The summed E-state index contributed by atoms with van der Waals surface area (Å²) in [5, 5.41) is 7.40. The van der Waals surface area contributed by atoms with Crippen molar-refractivity contribution in [1.82, 2.24) is 5.43 Å². The topological polar surface area (TPSA) is 70.6 Å². The number of hydrogen-bond acceptors (Lipinski definition) is 4. The van der Waals surface area contributed by atoms with Gasteiger partial charge in [0.1, 0.15) is 6.04 Å². The summed E-state index contributed by atoms with van der Waals surface area (Å²) in [6.45, 7) is 0. The number of nitrogens with one attached hydrogen (secondary N) is 2. The molecule has 0 aliphatic carbocycles. The first kappa shape index (κ1) is 17.2. The van der Waals surface area contributed by atoms with E-state index < -0.39 is 6.04 Å². The third-order valence-corrected chi connectivity index (χ3v) is 4.32. The number of rotatable bonds is 6. The summed E-state index contributed by atoms with van der Waals surface area (Å²) in [7, 11) is 0. The van der Waals surface area contributed by atoms with E-state index >= 15 is 0 Å². The number of benzene rings is 2. The van der Waals surface area contributed by atoms with Crippen LogP contribution in [0.15, 0.2) is 59.7 Å². The van der Waals surface area contributed by atoms with Crippen LogP contribution in [0.1, 0.15) is 24.3 Å². The highest BCUT2D eigenvalue weighted by Crippen LogP contribution is 2.23. The predicted octanol–water partition coefficient (Wildman–Crippen LogP) is 3.37. The molecule has 1 aliphatic heterocycles. The Kier molecular flexibility index (Phi) is 5.46. The normalized spacial score (nSPS) is 18.6. The second kappa shape index (κ2) is 7.94. The number of amides is 1. The van der Waals surface area contributed by atoms with E-state index in [1.165, 1.54) is 0 Å². The number of hydrazone groups is 1. The van der Waals surface area contributed by atoms with Gasteiger partial charge in [0.25, 0.3) is 0 Å². The number of carbonyl (C=O) groups excluding carboxylic acids is 2. The Morgan fingerprint density at radius 3 is 2.48 bits per heavy atom. The van der Waals surface area contributed by atoms with E-state index in [2.05, 4.69) is 15.8 Å². The minimum Gasteiger partial charge on any atom is -0.326 e. The van der Waals surface area contributed by atoms with Crippen molar-refractivity contribution in [2.45, 2.75) is 24.8 Å². The molecular formula is C19H18ClN3O2. The van der Waals surface area contributed by atoms with Crippen LogP contribution in [0.5, 0.6) is 0 Å². The lowest BCUT2D eigenvalue weighted by Crippen LogP contribution is -2.35. The Morgan fingerprint density at radius 2 is 1.76 bits per heavy atom. The maximum atomic E-state index is 12.5. The van der Waals surface area contributed by atoms with Gasteiger partial charge in [-0.15, -0.1) is 0 Å². The minimum absolute atomic E-state index is 0.0300. The molecule has 2 atom stereocenters. The second-order valence-electron chi connectivity index (χ2n) is 5.84. The summed E-state index contributed by atoms with van der Waals surface area (Å²) < 4.78 is 0. The highest BCUT2D eigenvalue weighted by molar-refractivity contribution is 6.30. The van der Waals surface area contributed by atoms with Crippen molar-refractivity contribution in [1.29, 1.82) is 0 Å². The molecule has 0 saturated carbocycles. The fourth-order valence-electron chi connectivity index (χ4n) is 2.74. The van der Waals surface area contributed by atoms with Crippen LogP contribution in [0, 0.1) is 0 Å². The maximum absolute atomic E-state index is 12.5. The Bertz CT molecular complexity index is 775. The number of halogens is 1. The van der Waals surface area contributed by atoms with Gasteiger partial charge < -0.3 is 5.32 Å². The standard InChI is InChI=1S/C19H18ClN3O2/c20-14-6-8-15(9-7-14)22-18(25)11-10-17(24)19-16(12-21-23-19)13-4-2-1-3-5-13/h1-9,12,16,19,23H,10-11H2,(H,22,25)/t16-,19+/m1/s1. The maximum Gasteiger partial charge on any atom is 0.224 e. The monoisotopic (exact) mass is 355 g/mol. The van der Waals surface area contributed by atoms with E-state index in [9.17, 15) is 9.59 Å². The summed E-state index contributed by atoms with van der Waals surface area (Å²) in [5.74, 6) is -0.337. The van der Waals surface area contributed by atoms with Crippen molar-refractivity contribution in [2.75, 3.05) is 5.32 Å². The molecule has 3 rings (SSSR count). The molecule has 2 aromatic carbocycles. The van der Waals surface area contributed by atoms with Crippen molar-refractivity contribution in [2.24, 2.45) is 5.10 Å². The molecule has 2 N–H and O–H groups in total. The molecule has 0 unspecified atom stereocenters. The van der Waals surface area contributed by atoms with Crippen molar-refractivity contribution >= 4 is 35.2 Å². The van der Waals surface area contributed by atoms with Gasteiger partial charge in [-0.1, -0.05) is 41.9 Å². The molecule has 1 heterocycles. The van der Waals surface area contributed by atoms with Gasteiger partial charge in [0, 0.05) is 35.7 Å². The Labute approximate surface area is 151 Å². The fourth-order valence-corrected chi connectivity index (χ4v) is 2.87. The van der Waals surface area contributed by atoms with Crippen LogP contribution in [0.3, 0.4) is 0 Å². The zero-order valence-corrected chi connectivity index (χ0v) is 14.2. The molecule has 0 fully saturated rings. The summed E-state index contributed by atoms with van der Waals surface area (Å²) in [4.78, 5) is 24.5. The zero-order valence-electron chi connectivity index (χ0n) is 13.5. The molecule has 0 radical (unpaired) electrons. The number of anilines is 1. The quantitative estimate of drug-likeness (QED) is 0.834. The highest BCUT2D eigenvalue weighted by Gasteiger charge is 2.31. The molecule has 25 heavy (non-hydrogen) atoms. The van der Waals surface area contributed by atoms with Gasteiger partial charge >= 0.3 is 0 Å². The minimum atomic E-state index is -0.425. The predicted molar refractivity (Wildman–Crippen MR) is 98.9 cm³/mol. The Morgan fingerprint density at radius 1 is 1.04 bits per heavy atom. The van der Waals surface area contributed by atoms with E-state index in [0.717, 1.165) is 5.56 Å². The summed E-state index contributed by atoms with van der Waals surface area (Å²) in [6.07, 6.45) is 2.02. The van der Waals surface area contributed by atoms with Gasteiger partial charge in [-0.3, -0.25) is 15.0 Å². The average molecular weight is 356 g/mol. The molecule has 0 aromatic heterocycles. The average Bonchev–Trinajstić information content (AvgIpc) is 3.12. The van der Waals surface area contributed by atoms with E-state index in [0.29, 0.717) is 10.7 Å². The molecule has 0 bridgehead atoms. The first-order valence-electron chi connectivity index (χ1n) is 8.05. The van der Waals surface area contributed by atoms with Crippen molar-refractivity contribution < 1.29 is 9.59 Å².